The first-order valence-electron chi connectivity index (χ1n) is 7.61. The lowest BCUT2D eigenvalue weighted by Crippen LogP contribution is -2.44. The number of nitrogens with two attached hydrogens (primary N) is 1. The summed E-state index contributed by atoms with van der Waals surface area (Å²) in [5.41, 5.74) is 8.01. The molecule has 0 atom stereocenters. The fraction of sp³-hybridized carbons (Fsp3) is 0.625. The number of nitrogens with zero attached hydrogens (tertiary/aromatic N) is 1. The second-order valence-corrected chi connectivity index (χ2v) is 5.73. The first-order chi connectivity index (χ1) is 10.2. The van der Waals surface area contributed by atoms with E-state index in [0.29, 0.717) is 6.54 Å². The van der Waals surface area contributed by atoms with Gasteiger partial charge in [0.1, 0.15) is 5.75 Å². The zero-order valence-corrected chi connectivity index (χ0v) is 12.6. The molecule has 1 aromatic carbocycles. The molecule has 2 fully saturated rings. The van der Waals surface area contributed by atoms with E-state index < -0.39 is 0 Å². The Morgan fingerprint density at radius 1 is 1.24 bits per heavy atom. The Bertz CT molecular complexity index is 476. The summed E-state index contributed by atoms with van der Waals surface area (Å²) in [7, 11) is 1.69. The summed E-state index contributed by atoms with van der Waals surface area (Å²) in [5.74, 6) is 0.586. The van der Waals surface area contributed by atoms with Gasteiger partial charge in [-0.15, -0.1) is 0 Å². The molecular formula is C16H24N2O3. The number of ether oxygens (including phenoxy) is 3. The van der Waals surface area contributed by atoms with Crippen LogP contribution in [0.25, 0.3) is 0 Å². The van der Waals surface area contributed by atoms with Crippen LogP contribution in [0.3, 0.4) is 0 Å². The fourth-order valence-electron chi connectivity index (χ4n) is 3.15. The molecule has 0 saturated carbocycles. The van der Waals surface area contributed by atoms with E-state index in [2.05, 4.69) is 23.1 Å². The van der Waals surface area contributed by atoms with E-state index in [-0.39, 0.29) is 5.79 Å². The van der Waals surface area contributed by atoms with Crippen molar-refractivity contribution in [2.45, 2.75) is 31.7 Å². The lowest BCUT2D eigenvalue weighted by Gasteiger charge is -2.37. The minimum absolute atomic E-state index is 0.294. The fourth-order valence-corrected chi connectivity index (χ4v) is 3.15. The minimum atomic E-state index is -0.294. The predicted molar refractivity (Wildman–Crippen MR) is 80.0 cm³/mol. The highest BCUT2D eigenvalue weighted by Crippen LogP contribution is 2.32. The van der Waals surface area contributed by atoms with Crippen LogP contribution in [0.1, 0.15) is 24.0 Å². The summed E-state index contributed by atoms with van der Waals surface area (Å²) >= 11 is 0. The van der Waals surface area contributed by atoms with E-state index in [4.69, 9.17) is 19.9 Å². The monoisotopic (exact) mass is 292 g/mol. The van der Waals surface area contributed by atoms with Crippen LogP contribution in [0, 0.1) is 0 Å². The maximum absolute atomic E-state index is 5.76. The van der Waals surface area contributed by atoms with Gasteiger partial charge in [0.05, 0.1) is 20.3 Å². The molecule has 5 heteroatoms. The topological polar surface area (TPSA) is 57.0 Å². The van der Waals surface area contributed by atoms with Gasteiger partial charge in [0.15, 0.2) is 5.79 Å². The maximum Gasteiger partial charge on any atom is 0.170 e. The molecule has 0 amide bonds. The average Bonchev–Trinajstić information content (AvgIpc) is 2.98. The Labute approximate surface area is 126 Å². The van der Waals surface area contributed by atoms with Crippen molar-refractivity contribution in [3.8, 4) is 5.75 Å². The molecule has 1 aromatic rings. The molecule has 0 aromatic heterocycles. The first kappa shape index (κ1) is 14.8. The molecule has 3 rings (SSSR count). The molecule has 2 N–H and O–H groups in total. The number of likely N-dealkylation sites (tertiary alicyclic amines) is 1. The largest absolute Gasteiger partial charge is 0.496 e. The van der Waals surface area contributed by atoms with Crippen LogP contribution in [0.15, 0.2) is 18.2 Å². The number of hydrogen-bond donors (Lipinski definition) is 1. The third-order valence-electron chi connectivity index (χ3n) is 4.41. The third-order valence-corrected chi connectivity index (χ3v) is 4.41. The van der Waals surface area contributed by atoms with Gasteiger partial charge in [-0.25, -0.2) is 0 Å². The van der Waals surface area contributed by atoms with Crippen LogP contribution in [0.2, 0.25) is 0 Å². The van der Waals surface area contributed by atoms with Crippen molar-refractivity contribution in [3.05, 3.63) is 29.3 Å². The highest BCUT2D eigenvalue weighted by atomic mass is 16.7. The van der Waals surface area contributed by atoms with Gasteiger partial charge in [0.25, 0.3) is 0 Å². The molecular weight excluding hydrogens is 268 g/mol. The quantitative estimate of drug-likeness (QED) is 0.911. The number of benzene rings is 1. The summed E-state index contributed by atoms with van der Waals surface area (Å²) in [4.78, 5) is 2.44. The molecule has 2 saturated heterocycles. The van der Waals surface area contributed by atoms with E-state index in [0.717, 1.165) is 57.0 Å². The van der Waals surface area contributed by atoms with Crippen LogP contribution >= 0.6 is 0 Å². The van der Waals surface area contributed by atoms with Crippen LogP contribution in [0.4, 0.5) is 0 Å². The zero-order chi connectivity index (χ0) is 14.7. The van der Waals surface area contributed by atoms with Crippen molar-refractivity contribution in [2.75, 3.05) is 33.4 Å². The molecule has 0 unspecified atom stereocenters. The summed E-state index contributed by atoms with van der Waals surface area (Å²) < 4.78 is 16.9. The van der Waals surface area contributed by atoms with Gasteiger partial charge in [0.2, 0.25) is 0 Å². The summed E-state index contributed by atoms with van der Waals surface area (Å²) in [6, 6.07) is 6.29. The number of methoxy groups -OCH3 is 1. The first-order valence-corrected chi connectivity index (χ1v) is 7.61. The lowest BCUT2D eigenvalue weighted by molar-refractivity contribution is -0.185. The van der Waals surface area contributed by atoms with E-state index >= 15 is 0 Å². The molecule has 0 radical (unpaired) electrons. The standard InChI is InChI=1S/C16H24N2O3/c1-19-15-10-13(2-3-14(15)11-17)12-18-6-4-16(5-7-18)20-8-9-21-16/h2-3,10H,4-9,11-12,17H2,1H3. The van der Waals surface area contributed by atoms with Gasteiger partial charge in [-0.3, -0.25) is 4.90 Å². The Hall–Kier alpha value is -1.14. The maximum atomic E-state index is 5.76. The molecule has 2 aliphatic heterocycles. The average molecular weight is 292 g/mol. The lowest BCUT2D eigenvalue weighted by atomic mass is 10.0. The van der Waals surface area contributed by atoms with E-state index in [9.17, 15) is 0 Å². The zero-order valence-electron chi connectivity index (χ0n) is 12.6. The van der Waals surface area contributed by atoms with Gasteiger partial charge in [0, 0.05) is 44.6 Å². The van der Waals surface area contributed by atoms with Gasteiger partial charge in [-0.1, -0.05) is 12.1 Å². The second-order valence-electron chi connectivity index (χ2n) is 5.73. The molecule has 0 bridgehead atoms. The van der Waals surface area contributed by atoms with Crippen LogP contribution < -0.4 is 10.5 Å². The Morgan fingerprint density at radius 2 is 1.95 bits per heavy atom. The SMILES string of the molecule is COc1cc(CN2CCC3(CC2)OCCO3)ccc1CN. The second kappa shape index (κ2) is 6.32. The van der Waals surface area contributed by atoms with Gasteiger partial charge < -0.3 is 19.9 Å². The Kier molecular flexibility index (Phi) is 4.45. The smallest absolute Gasteiger partial charge is 0.170 e. The van der Waals surface area contributed by atoms with Crippen molar-refractivity contribution in [1.29, 1.82) is 0 Å². The van der Waals surface area contributed by atoms with Crippen LogP contribution in [-0.4, -0.2) is 44.1 Å². The molecule has 0 aliphatic carbocycles. The summed E-state index contributed by atoms with van der Waals surface area (Å²) in [5, 5.41) is 0. The van der Waals surface area contributed by atoms with Gasteiger partial charge in [-0.2, -0.15) is 0 Å². The van der Waals surface area contributed by atoms with Crippen LogP contribution in [0.5, 0.6) is 5.75 Å². The summed E-state index contributed by atoms with van der Waals surface area (Å²) in [6.45, 7) is 4.90. The molecule has 2 aliphatic rings. The van der Waals surface area contributed by atoms with E-state index in [1.54, 1.807) is 7.11 Å². The molecule has 5 nitrogen and oxygen atoms in total. The van der Waals surface area contributed by atoms with E-state index in [1.807, 2.05) is 0 Å². The normalized spacial score (nSPS) is 21.8. The molecule has 1 spiro atoms. The van der Waals surface area contributed by atoms with Crippen molar-refractivity contribution in [1.82, 2.24) is 4.90 Å². The number of rotatable bonds is 4. The van der Waals surface area contributed by atoms with Gasteiger partial charge in [-0.05, 0) is 11.6 Å². The van der Waals surface area contributed by atoms with Crippen LogP contribution in [-0.2, 0) is 22.6 Å². The van der Waals surface area contributed by atoms with Crippen molar-refractivity contribution < 1.29 is 14.2 Å². The van der Waals surface area contributed by atoms with E-state index in [1.165, 1.54) is 5.56 Å². The molecule has 116 valence electrons. The highest BCUT2D eigenvalue weighted by molar-refractivity contribution is 5.37. The van der Waals surface area contributed by atoms with Crippen molar-refractivity contribution in [3.63, 3.8) is 0 Å². The minimum Gasteiger partial charge on any atom is -0.496 e. The molecule has 2 heterocycles. The van der Waals surface area contributed by atoms with Crippen molar-refractivity contribution in [2.24, 2.45) is 5.73 Å². The predicted octanol–water partition coefficient (Wildman–Crippen LogP) is 1.49. The van der Waals surface area contributed by atoms with Crippen molar-refractivity contribution >= 4 is 0 Å². The Morgan fingerprint density at radius 3 is 2.57 bits per heavy atom. The Balaban J connectivity index is 1.60. The third kappa shape index (κ3) is 3.21. The number of piperidine rings is 1. The van der Waals surface area contributed by atoms with Gasteiger partial charge >= 0.3 is 0 Å². The molecule has 21 heavy (non-hydrogen) atoms. The summed E-state index contributed by atoms with van der Waals surface area (Å²) in [6.07, 6.45) is 1.90. The number of hydrogen-bond acceptors (Lipinski definition) is 5. The highest BCUT2D eigenvalue weighted by Gasteiger charge is 2.39.